The number of aromatic nitrogens is 1. The third kappa shape index (κ3) is 6.44. The van der Waals surface area contributed by atoms with Gasteiger partial charge in [0, 0.05) is 33.5 Å². The lowest BCUT2D eigenvalue weighted by Crippen LogP contribution is -2.10. The van der Waals surface area contributed by atoms with E-state index in [9.17, 15) is 0 Å². The van der Waals surface area contributed by atoms with Gasteiger partial charge < -0.3 is 9.47 Å². The van der Waals surface area contributed by atoms with E-state index in [0.717, 1.165) is 22.7 Å². The molecule has 0 radical (unpaired) electrons. The average Bonchev–Trinajstić information content (AvgIpc) is 3.65. The zero-order valence-corrected chi connectivity index (χ0v) is 35.3. The molecule has 0 aliphatic carbocycles. The second-order valence-electron chi connectivity index (χ2n) is 17.4. The van der Waals surface area contributed by atoms with Gasteiger partial charge in [0.05, 0.1) is 11.0 Å². The van der Waals surface area contributed by atoms with E-state index in [1.54, 1.807) is 0 Å². The smallest absolute Gasteiger partial charge is 0.0541 e. The van der Waals surface area contributed by atoms with Crippen molar-refractivity contribution in [3.8, 4) is 39.1 Å². The molecule has 11 rings (SSSR count). The van der Waals surface area contributed by atoms with E-state index in [-0.39, 0.29) is 5.41 Å². The van der Waals surface area contributed by atoms with Crippen molar-refractivity contribution in [2.45, 2.75) is 26.2 Å². The summed E-state index contributed by atoms with van der Waals surface area (Å²) in [6, 6.07) is 82.0. The molecule has 62 heavy (non-hydrogen) atoms. The van der Waals surface area contributed by atoms with Crippen molar-refractivity contribution in [3.63, 3.8) is 0 Å². The van der Waals surface area contributed by atoms with Gasteiger partial charge in [-0.2, -0.15) is 0 Å². The molecule has 0 aliphatic rings. The molecule has 296 valence electrons. The van der Waals surface area contributed by atoms with E-state index < -0.39 is 0 Å². The lowest BCUT2D eigenvalue weighted by molar-refractivity contribution is 0.591. The van der Waals surface area contributed by atoms with E-state index in [2.05, 4.69) is 255 Å². The van der Waals surface area contributed by atoms with E-state index in [1.165, 1.54) is 82.3 Å². The Kier molecular flexibility index (Phi) is 9.09. The SMILES string of the molecule is CC(C)(C)c1ccc2c(c1)c1cc(-c3ccc(N(c4ccccc4)c4ccccc4)cc3)ccc1n2-c1ccc(-c2c3ccccc3c(-c3ccccc3)c3ccccc23)cc1. The van der Waals surface area contributed by atoms with Crippen LogP contribution < -0.4 is 4.90 Å². The third-order valence-corrected chi connectivity index (χ3v) is 12.5. The summed E-state index contributed by atoms with van der Waals surface area (Å²) in [5.74, 6) is 0. The minimum atomic E-state index is 0.0166. The topological polar surface area (TPSA) is 8.17 Å². The predicted molar refractivity (Wildman–Crippen MR) is 265 cm³/mol. The molecule has 0 bridgehead atoms. The molecule has 0 saturated heterocycles. The summed E-state index contributed by atoms with van der Waals surface area (Å²) in [4.78, 5) is 2.31. The Morgan fingerprint density at radius 3 is 1.24 bits per heavy atom. The Hall–Kier alpha value is -7.68. The van der Waals surface area contributed by atoms with Crippen LogP contribution in [0.4, 0.5) is 17.1 Å². The Morgan fingerprint density at radius 2 is 0.726 bits per heavy atom. The molecule has 2 heteroatoms. The fourth-order valence-electron chi connectivity index (χ4n) is 9.48. The molecule has 2 nitrogen and oxygen atoms in total. The number of rotatable bonds is 7. The van der Waals surface area contributed by atoms with Crippen molar-refractivity contribution >= 4 is 60.4 Å². The molecule has 1 aromatic heterocycles. The Labute approximate surface area is 363 Å². The Morgan fingerprint density at radius 1 is 0.323 bits per heavy atom. The van der Waals surface area contributed by atoms with Crippen LogP contribution in [0.3, 0.4) is 0 Å². The van der Waals surface area contributed by atoms with E-state index in [1.807, 2.05) is 0 Å². The summed E-state index contributed by atoms with van der Waals surface area (Å²) in [5, 5.41) is 7.58. The van der Waals surface area contributed by atoms with Crippen LogP contribution >= 0.6 is 0 Å². The van der Waals surface area contributed by atoms with Crippen LogP contribution in [-0.4, -0.2) is 4.57 Å². The average molecular weight is 795 g/mol. The van der Waals surface area contributed by atoms with Crippen molar-refractivity contribution in [1.29, 1.82) is 0 Å². The summed E-state index contributed by atoms with van der Waals surface area (Å²) in [7, 11) is 0. The number of para-hydroxylation sites is 2. The van der Waals surface area contributed by atoms with Gasteiger partial charge in [-0.25, -0.2) is 0 Å². The lowest BCUT2D eigenvalue weighted by Gasteiger charge is -2.25. The molecular formula is C60H46N2. The van der Waals surface area contributed by atoms with Gasteiger partial charge in [0.1, 0.15) is 0 Å². The van der Waals surface area contributed by atoms with Gasteiger partial charge in [-0.1, -0.05) is 172 Å². The molecule has 0 aliphatic heterocycles. The molecule has 0 N–H and O–H groups in total. The first-order valence-corrected chi connectivity index (χ1v) is 21.6. The van der Waals surface area contributed by atoms with Crippen LogP contribution in [0.25, 0.3) is 82.4 Å². The monoisotopic (exact) mass is 794 g/mol. The first-order chi connectivity index (χ1) is 30.4. The van der Waals surface area contributed by atoms with Crippen LogP contribution in [0.15, 0.2) is 224 Å². The summed E-state index contributed by atoms with van der Waals surface area (Å²) in [5.41, 5.74) is 15.7. The maximum atomic E-state index is 2.44. The maximum Gasteiger partial charge on any atom is 0.0541 e. The Balaban J connectivity index is 1.03. The van der Waals surface area contributed by atoms with Gasteiger partial charge >= 0.3 is 0 Å². The molecule has 0 unspecified atom stereocenters. The molecule has 0 saturated carbocycles. The van der Waals surface area contributed by atoms with Crippen molar-refractivity contribution < 1.29 is 0 Å². The van der Waals surface area contributed by atoms with Gasteiger partial charge in [-0.3, -0.25) is 0 Å². The third-order valence-electron chi connectivity index (χ3n) is 12.5. The van der Waals surface area contributed by atoms with Crippen LogP contribution in [0, 0.1) is 0 Å². The summed E-state index contributed by atoms with van der Waals surface area (Å²) in [6.45, 7) is 6.90. The van der Waals surface area contributed by atoms with E-state index in [4.69, 9.17) is 0 Å². The largest absolute Gasteiger partial charge is 0.311 e. The van der Waals surface area contributed by atoms with Gasteiger partial charge in [0.15, 0.2) is 0 Å². The standard InChI is InChI=1S/C60H46N2/c1-60(2,3)45-32-38-57-55(40-45)54-39-44(41-27-33-48(34-28-41)61(46-19-9-5-10-20-46)47-21-11-6-12-22-47)31-37-56(54)62(57)49-35-29-43(30-36-49)59-52-25-15-13-23-50(52)58(42-17-7-4-8-18-42)51-24-14-16-26-53(51)59/h4-40H,1-3H3. The van der Waals surface area contributed by atoms with Gasteiger partial charge in [-0.15, -0.1) is 0 Å². The van der Waals surface area contributed by atoms with Gasteiger partial charge in [0.25, 0.3) is 0 Å². The van der Waals surface area contributed by atoms with Crippen molar-refractivity contribution in [2.24, 2.45) is 0 Å². The van der Waals surface area contributed by atoms with Crippen molar-refractivity contribution in [2.75, 3.05) is 4.90 Å². The summed E-state index contributed by atoms with van der Waals surface area (Å²) >= 11 is 0. The van der Waals surface area contributed by atoms with Crippen LogP contribution in [-0.2, 0) is 5.41 Å². The number of hydrogen-bond donors (Lipinski definition) is 0. The van der Waals surface area contributed by atoms with Gasteiger partial charge in [0.2, 0.25) is 0 Å². The zero-order valence-electron chi connectivity index (χ0n) is 35.3. The number of anilines is 3. The number of nitrogens with zero attached hydrogens (tertiary/aromatic N) is 2. The lowest BCUT2D eigenvalue weighted by atomic mass is 9.86. The minimum absolute atomic E-state index is 0.0166. The quantitative estimate of drug-likeness (QED) is 0.146. The molecule has 0 fully saturated rings. The number of hydrogen-bond acceptors (Lipinski definition) is 1. The Bertz CT molecular complexity index is 3300. The van der Waals surface area contributed by atoms with Crippen molar-refractivity contribution in [1.82, 2.24) is 4.57 Å². The first kappa shape index (κ1) is 37.3. The van der Waals surface area contributed by atoms with Crippen molar-refractivity contribution in [3.05, 3.63) is 230 Å². The normalized spacial score (nSPS) is 11.8. The molecule has 0 amide bonds. The molecule has 0 atom stereocenters. The highest BCUT2D eigenvalue weighted by atomic mass is 15.1. The highest BCUT2D eigenvalue weighted by molar-refractivity contribution is 6.21. The minimum Gasteiger partial charge on any atom is -0.311 e. The fraction of sp³-hybridized carbons (Fsp3) is 0.0667. The molecule has 11 aromatic rings. The van der Waals surface area contributed by atoms with Crippen LogP contribution in [0.1, 0.15) is 26.3 Å². The molecule has 10 aromatic carbocycles. The second kappa shape index (κ2) is 15.1. The summed E-state index contributed by atoms with van der Waals surface area (Å²) < 4.78 is 2.44. The highest BCUT2D eigenvalue weighted by Gasteiger charge is 2.21. The summed E-state index contributed by atoms with van der Waals surface area (Å²) in [6.07, 6.45) is 0. The van der Waals surface area contributed by atoms with Crippen LogP contribution in [0.5, 0.6) is 0 Å². The van der Waals surface area contributed by atoms with Gasteiger partial charge in [-0.05, 0) is 139 Å². The fourth-order valence-corrected chi connectivity index (χ4v) is 9.48. The number of fused-ring (bicyclic) bond motifs is 5. The zero-order chi connectivity index (χ0) is 41.8. The maximum absolute atomic E-state index is 2.44. The highest BCUT2D eigenvalue weighted by Crippen LogP contribution is 2.45. The number of benzene rings is 10. The molecule has 0 spiro atoms. The first-order valence-electron chi connectivity index (χ1n) is 21.6. The predicted octanol–water partition coefficient (Wildman–Crippen LogP) is 16.9. The van der Waals surface area contributed by atoms with Crippen LogP contribution in [0.2, 0.25) is 0 Å². The van der Waals surface area contributed by atoms with E-state index in [0.29, 0.717) is 0 Å². The molecular weight excluding hydrogens is 749 g/mol. The molecule has 1 heterocycles. The van der Waals surface area contributed by atoms with E-state index >= 15 is 0 Å². The second-order valence-corrected chi connectivity index (χ2v) is 17.4.